The summed E-state index contributed by atoms with van der Waals surface area (Å²) < 4.78 is 22.6. The number of rotatable bonds is 12. The molecular weight excluding hydrogens is 598 g/mol. The lowest BCUT2D eigenvalue weighted by Crippen LogP contribution is -2.48. The van der Waals surface area contributed by atoms with Crippen molar-refractivity contribution >= 4 is 40.5 Å². The molecule has 2 saturated carbocycles. The third-order valence-electron chi connectivity index (χ3n) is 9.53. The van der Waals surface area contributed by atoms with E-state index >= 15 is 0 Å². The Kier molecular flexibility index (Phi) is 9.91. The third kappa shape index (κ3) is 7.37. The molecule has 0 radical (unpaired) electrons. The smallest absolute Gasteiger partial charge is 0.328 e. The van der Waals surface area contributed by atoms with E-state index in [2.05, 4.69) is 16.5 Å². The summed E-state index contributed by atoms with van der Waals surface area (Å²) in [5.74, 6) is 0.153. The highest BCUT2D eigenvalue weighted by atomic mass is 35.5. The Hall–Kier alpha value is -3.40. The van der Waals surface area contributed by atoms with E-state index in [4.69, 9.17) is 30.5 Å². The van der Waals surface area contributed by atoms with Crippen molar-refractivity contribution in [1.29, 1.82) is 0 Å². The molecule has 3 fully saturated rings. The molecule has 10 nitrogen and oxygen atoms in total. The standard InChI is InChI=1S/C34H44ClN3O7/c1-7-8-9-10-19-13-20-14-23(20)29(19)45-28(39)17-24(34(2,3)4)32(40)38-18-22(16-27(38)33(41)43-6)44-31-30(35)36-25-12-11-21(42-5)15-26(25)37-31/h7,11-12,15,19-20,22-24,27,29H,1,8-10,13-14,16-18H2,2-6H3/t19-,20+,22-,23-,24-,27+,29+/m1/s1. The van der Waals surface area contributed by atoms with Gasteiger partial charge < -0.3 is 23.8 Å². The lowest BCUT2D eigenvalue weighted by Gasteiger charge is -2.34. The molecule has 244 valence electrons. The molecular formula is C34H44ClN3O7. The van der Waals surface area contributed by atoms with E-state index in [9.17, 15) is 14.4 Å². The molecule has 5 rings (SSSR count). The second kappa shape index (κ2) is 13.5. The van der Waals surface area contributed by atoms with Gasteiger partial charge in [-0.05, 0) is 67.4 Å². The number of carbonyl (C=O) groups is 3. The Balaban J connectivity index is 1.30. The van der Waals surface area contributed by atoms with Gasteiger partial charge >= 0.3 is 11.9 Å². The predicted molar refractivity (Wildman–Crippen MR) is 169 cm³/mol. The minimum absolute atomic E-state index is 0.0648. The summed E-state index contributed by atoms with van der Waals surface area (Å²) in [4.78, 5) is 50.9. The highest BCUT2D eigenvalue weighted by molar-refractivity contribution is 6.31. The van der Waals surface area contributed by atoms with Gasteiger partial charge in [0.1, 0.15) is 24.0 Å². The normalized spacial score (nSPS) is 26.2. The number of nitrogens with zero attached hydrogens (tertiary/aromatic N) is 3. The van der Waals surface area contributed by atoms with E-state index in [1.807, 2.05) is 26.8 Å². The molecule has 0 N–H and O–H groups in total. The van der Waals surface area contributed by atoms with E-state index < -0.39 is 29.4 Å². The first-order valence-electron chi connectivity index (χ1n) is 15.8. The number of amides is 1. The molecule has 3 aliphatic rings. The van der Waals surface area contributed by atoms with Crippen LogP contribution < -0.4 is 9.47 Å². The lowest BCUT2D eigenvalue weighted by molar-refractivity contribution is -0.160. The van der Waals surface area contributed by atoms with E-state index in [1.165, 1.54) is 12.0 Å². The largest absolute Gasteiger partial charge is 0.497 e. The number of halogens is 1. The number of likely N-dealkylation sites (tertiary alicyclic amines) is 1. The molecule has 2 aromatic rings. The number of esters is 2. The van der Waals surface area contributed by atoms with Gasteiger partial charge in [-0.15, -0.1) is 6.58 Å². The molecule has 1 aliphatic heterocycles. The third-order valence-corrected chi connectivity index (χ3v) is 9.78. The molecule has 0 spiro atoms. The van der Waals surface area contributed by atoms with Crippen molar-refractivity contribution in [3.63, 3.8) is 0 Å². The van der Waals surface area contributed by atoms with Crippen LogP contribution in [0.1, 0.15) is 65.7 Å². The van der Waals surface area contributed by atoms with Crippen LogP contribution in [-0.4, -0.2) is 71.7 Å². The average molecular weight is 642 g/mol. The van der Waals surface area contributed by atoms with Crippen LogP contribution >= 0.6 is 11.6 Å². The van der Waals surface area contributed by atoms with Gasteiger partial charge in [-0.25, -0.2) is 14.8 Å². The van der Waals surface area contributed by atoms with E-state index in [0.29, 0.717) is 34.5 Å². The van der Waals surface area contributed by atoms with E-state index in [1.54, 1.807) is 25.3 Å². The Morgan fingerprint density at radius 1 is 1.13 bits per heavy atom. The number of methoxy groups -OCH3 is 2. The van der Waals surface area contributed by atoms with Gasteiger partial charge in [-0.2, -0.15) is 0 Å². The van der Waals surface area contributed by atoms with E-state index in [-0.39, 0.29) is 48.4 Å². The number of ether oxygens (including phenoxy) is 4. The topological polar surface area (TPSA) is 117 Å². The first-order chi connectivity index (χ1) is 21.4. The summed E-state index contributed by atoms with van der Waals surface area (Å²) in [6, 6.07) is 4.34. The molecule has 45 heavy (non-hydrogen) atoms. The Labute approximate surface area is 269 Å². The van der Waals surface area contributed by atoms with Gasteiger partial charge in [-0.1, -0.05) is 38.4 Å². The summed E-state index contributed by atoms with van der Waals surface area (Å²) in [7, 11) is 2.85. The maximum absolute atomic E-state index is 14.2. The van der Waals surface area contributed by atoms with Crippen LogP contribution in [0.5, 0.6) is 11.6 Å². The van der Waals surface area contributed by atoms with Crippen molar-refractivity contribution < 1.29 is 33.3 Å². The van der Waals surface area contributed by atoms with E-state index in [0.717, 1.165) is 32.1 Å². The van der Waals surface area contributed by atoms with Gasteiger partial charge in [0.2, 0.25) is 5.91 Å². The van der Waals surface area contributed by atoms with Crippen molar-refractivity contribution in [2.24, 2.45) is 29.1 Å². The first kappa shape index (κ1) is 33.0. The average Bonchev–Trinajstić information content (AvgIpc) is 3.51. The molecule has 7 atom stereocenters. The monoisotopic (exact) mass is 641 g/mol. The summed E-state index contributed by atoms with van der Waals surface area (Å²) in [6.07, 6.45) is 6.50. The van der Waals surface area contributed by atoms with Crippen LogP contribution in [0.3, 0.4) is 0 Å². The number of allylic oxidation sites excluding steroid dienone is 1. The van der Waals surface area contributed by atoms with Gasteiger partial charge in [0.05, 0.1) is 44.1 Å². The fraction of sp³-hybridized carbons (Fsp3) is 0.618. The number of hydrogen-bond acceptors (Lipinski definition) is 9. The van der Waals surface area contributed by atoms with Crippen LogP contribution in [0.25, 0.3) is 11.0 Å². The van der Waals surface area contributed by atoms with Crippen LogP contribution in [-0.2, 0) is 23.9 Å². The zero-order valence-electron chi connectivity index (χ0n) is 26.8. The van der Waals surface area contributed by atoms with Crippen LogP contribution in [0.4, 0.5) is 0 Å². The number of benzene rings is 1. The van der Waals surface area contributed by atoms with Crippen LogP contribution in [0, 0.1) is 29.1 Å². The van der Waals surface area contributed by atoms with Gasteiger partial charge in [0, 0.05) is 12.5 Å². The molecule has 1 aromatic heterocycles. The predicted octanol–water partition coefficient (Wildman–Crippen LogP) is 5.79. The van der Waals surface area contributed by atoms with Crippen molar-refractivity contribution in [3.05, 3.63) is 36.0 Å². The molecule has 0 unspecified atom stereocenters. The second-order valence-corrected chi connectivity index (χ2v) is 14.0. The molecule has 0 bridgehead atoms. The van der Waals surface area contributed by atoms with Gasteiger partial charge in [0.25, 0.3) is 5.88 Å². The Bertz CT molecular complexity index is 1440. The summed E-state index contributed by atoms with van der Waals surface area (Å²) >= 11 is 6.42. The number of aromatic nitrogens is 2. The minimum atomic E-state index is -0.892. The maximum atomic E-state index is 14.2. The zero-order valence-corrected chi connectivity index (χ0v) is 27.5. The minimum Gasteiger partial charge on any atom is -0.497 e. The van der Waals surface area contributed by atoms with Gasteiger partial charge in [-0.3, -0.25) is 9.59 Å². The quantitative estimate of drug-likeness (QED) is 0.161. The number of carbonyl (C=O) groups excluding carboxylic acids is 3. The Morgan fingerprint density at radius 2 is 1.91 bits per heavy atom. The molecule has 2 aliphatic carbocycles. The van der Waals surface area contributed by atoms with Crippen molar-refractivity contribution in [2.75, 3.05) is 20.8 Å². The molecule has 1 aromatic carbocycles. The number of unbranched alkanes of at least 4 members (excludes halogenated alkanes) is 1. The SMILES string of the molecule is C=CCCC[C@@H]1C[C@H]2C[C@H]2[C@H]1OC(=O)C[C@H](C(=O)N1C[C@H](Oc2nc3cc(OC)ccc3nc2Cl)C[C@H]1C(=O)OC)C(C)(C)C. The Morgan fingerprint density at radius 3 is 2.60 bits per heavy atom. The molecule has 1 amide bonds. The number of hydrogen-bond donors (Lipinski definition) is 0. The van der Waals surface area contributed by atoms with Crippen molar-refractivity contribution in [3.8, 4) is 11.6 Å². The van der Waals surface area contributed by atoms with Gasteiger partial charge in [0.15, 0.2) is 5.15 Å². The van der Waals surface area contributed by atoms with Crippen LogP contribution in [0.15, 0.2) is 30.9 Å². The first-order valence-corrected chi connectivity index (χ1v) is 16.2. The molecule has 11 heteroatoms. The van der Waals surface area contributed by atoms with Crippen molar-refractivity contribution in [2.45, 2.75) is 84.0 Å². The highest BCUT2D eigenvalue weighted by Crippen LogP contribution is 2.57. The zero-order chi connectivity index (χ0) is 32.5. The lowest BCUT2D eigenvalue weighted by atomic mass is 9.77. The number of fused-ring (bicyclic) bond motifs is 2. The summed E-state index contributed by atoms with van der Waals surface area (Å²) in [5, 5.41) is 0.0648. The fourth-order valence-electron chi connectivity index (χ4n) is 6.98. The molecule has 2 heterocycles. The van der Waals surface area contributed by atoms with Crippen LogP contribution in [0.2, 0.25) is 5.15 Å². The summed E-state index contributed by atoms with van der Waals surface area (Å²) in [6.45, 7) is 9.66. The summed E-state index contributed by atoms with van der Waals surface area (Å²) in [5.41, 5.74) is 0.517. The fourth-order valence-corrected chi connectivity index (χ4v) is 7.16. The van der Waals surface area contributed by atoms with Crippen molar-refractivity contribution in [1.82, 2.24) is 14.9 Å². The maximum Gasteiger partial charge on any atom is 0.328 e. The second-order valence-electron chi connectivity index (χ2n) is 13.6. The highest BCUT2D eigenvalue weighted by Gasteiger charge is 2.55. The molecule has 1 saturated heterocycles.